The van der Waals surface area contributed by atoms with Gasteiger partial charge in [0.05, 0.1) is 5.02 Å². The zero-order valence-electron chi connectivity index (χ0n) is 11.4. The van der Waals surface area contributed by atoms with Crippen LogP contribution in [0.2, 0.25) is 5.02 Å². The number of hydrogen-bond donors (Lipinski definition) is 1. The third kappa shape index (κ3) is 3.75. The fraction of sp³-hybridized carbons (Fsp3) is 0.188. The molecule has 0 fully saturated rings. The number of halogens is 1. The number of amides is 1. The Morgan fingerprint density at radius 1 is 1.20 bits per heavy atom. The van der Waals surface area contributed by atoms with Crippen LogP contribution in [-0.4, -0.2) is 12.0 Å². The smallest absolute Gasteiger partial charge is 0.265 e. The second kappa shape index (κ2) is 6.44. The van der Waals surface area contributed by atoms with Crippen LogP contribution in [0.5, 0.6) is 5.75 Å². The van der Waals surface area contributed by atoms with Crippen LogP contribution in [0, 0.1) is 6.92 Å². The first kappa shape index (κ1) is 14.4. The van der Waals surface area contributed by atoms with Crippen LogP contribution in [0.3, 0.4) is 0 Å². The number of anilines is 1. The fourth-order valence-electron chi connectivity index (χ4n) is 1.75. The Bertz CT molecular complexity index is 613. The van der Waals surface area contributed by atoms with E-state index in [1.807, 2.05) is 43.3 Å². The van der Waals surface area contributed by atoms with Gasteiger partial charge in [0, 0.05) is 5.69 Å². The van der Waals surface area contributed by atoms with E-state index in [4.69, 9.17) is 16.3 Å². The zero-order chi connectivity index (χ0) is 14.5. The van der Waals surface area contributed by atoms with Crippen molar-refractivity contribution in [1.29, 1.82) is 0 Å². The average molecular weight is 290 g/mol. The van der Waals surface area contributed by atoms with E-state index in [9.17, 15) is 4.79 Å². The van der Waals surface area contributed by atoms with Gasteiger partial charge in [-0.25, -0.2) is 0 Å². The van der Waals surface area contributed by atoms with E-state index in [0.717, 1.165) is 11.3 Å². The summed E-state index contributed by atoms with van der Waals surface area (Å²) in [4.78, 5) is 12.1. The van der Waals surface area contributed by atoms with Gasteiger partial charge in [-0.05, 0) is 43.7 Å². The highest BCUT2D eigenvalue weighted by molar-refractivity contribution is 6.32. The number of benzene rings is 2. The minimum absolute atomic E-state index is 0.212. The van der Waals surface area contributed by atoms with Crippen molar-refractivity contribution in [3.63, 3.8) is 0 Å². The van der Waals surface area contributed by atoms with Gasteiger partial charge in [-0.3, -0.25) is 4.79 Å². The highest BCUT2D eigenvalue weighted by atomic mass is 35.5. The molecule has 1 atom stereocenters. The molecule has 0 saturated carbocycles. The van der Waals surface area contributed by atoms with Gasteiger partial charge in [0.25, 0.3) is 5.91 Å². The highest BCUT2D eigenvalue weighted by Gasteiger charge is 2.16. The molecule has 4 heteroatoms. The van der Waals surface area contributed by atoms with Crippen LogP contribution in [0.15, 0.2) is 48.5 Å². The van der Waals surface area contributed by atoms with Gasteiger partial charge in [0.1, 0.15) is 5.75 Å². The Morgan fingerprint density at radius 2 is 1.95 bits per heavy atom. The molecule has 1 N–H and O–H groups in total. The van der Waals surface area contributed by atoms with Crippen molar-refractivity contribution in [3.05, 3.63) is 59.1 Å². The van der Waals surface area contributed by atoms with E-state index in [1.165, 1.54) is 0 Å². The van der Waals surface area contributed by atoms with Crippen molar-refractivity contribution in [2.75, 3.05) is 5.32 Å². The van der Waals surface area contributed by atoms with Gasteiger partial charge in [0.2, 0.25) is 0 Å². The van der Waals surface area contributed by atoms with Gasteiger partial charge in [0.15, 0.2) is 6.10 Å². The number of carbonyl (C=O) groups excluding carboxylic acids is 1. The lowest BCUT2D eigenvalue weighted by atomic mass is 10.2. The topological polar surface area (TPSA) is 38.3 Å². The second-order valence-corrected chi connectivity index (χ2v) is 4.96. The van der Waals surface area contributed by atoms with Crippen molar-refractivity contribution in [2.24, 2.45) is 0 Å². The molecule has 0 spiro atoms. The molecule has 104 valence electrons. The Morgan fingerprint density at radius 3 is 2.65 bits per heavy atom. The van der Waals surface area contributed by atoms with E-state index in [-0.39, 0.29) is 5.91 Å². The van der Waals surface area contributed by atoms with Crippen molar-refractivity contribution >= 4 is 23.2 Å². The normalized spacial score (nSPS) is 11.8. The quantitative estimate of drug-likeness (QED) is 0.922. The summed E-state index contributed by atoms with van der Waals surface area (Å²) in [5, 5.41) is 3.30. The molecule has 0 radical (unpaired) electrons. The Hall–Kier alpha value is -2.00. The van der Waals surface area contributed by atoms with Crippen LogP contribution < -0.4 is 10.1 Å². The predicted octanol–water partition coefficient (Wildman–Crippen LogP) is 4.05. The molecule has 2 aromatic rings. The molecule has 0 aliphatic heterocycles. The fourth-order valence-corrected chi connectivity index (χ4v) is 1.93. The lowest BCUT2D eigenvalue weighted by Crippen LogP contribution is -2.30. The molecule has 2 aromatic carbocycles. The van der Waals surface area contributed by atoms with E-state index < -0.39 is 6.10 Å². The number of nitrogens with one attached hydrogen (secondary N) is 1. The van der Waals surface area contributed by atoms with Crippen molar-refractivity contribution < 1.29 is 9.53 Å². The van der Waals surface area contributed by atoms with Gasteiger partial charge in [-0.1, -0.05) is 35.9 Å². The minimum atomic E-state index is -0.629. The summed E-state index contributed by atoms with van der Waals surface area (Å²) >= 11 is 6.00. The lowest BCUT2D eigenvalue weighted by Gasteiger charge is -2.15. The molecular formula is C16H16ClNO2. The van der Waals surface area contributed by atoms with Crippen LogP contribution >= 0.6 is 11.6 Å². The molecule has 1 amide bonds. The van der Waals surface area contributed by atoms with E-state index in [1.54, 1.807) is 19.1 Å². The number of aryl methyl sites for hydroxylation is 1. The van der Waals surface area contributed by atoms with Gasteiger partial charge in [-0.2, -0.15) is 0 Å². The molecule has 0 aliphatic rings. The summed E-state index contributed by atoms with van der Waals surface area (Å²) in [6.45, 7) is 3.66. The molecule has 0 saturated heterocycles. The maximum atomic E-state index is 12.1. The largest absolute Gasteiger partial charge is 0.479 e. The van der Waals surface area contributed by atoms with Crippen molar-refractivity contribution in [2.45, 2.75) is 20.0 Å². The Labute approximate surface area is 123 Å². The van der Waals surface area contributed by atoms with Crippen molar-refractivity contribution in [1.82, 2.24) is 0 Å². The highest BCUT2D eigenvalue weighted by Crippen LogP contribution is 2.24. The summed E-state index contributed by atoms with van der Waals surface area (Å²) in [5.74, 6) is 0.288. The molecule has 0 aromatic heterocycles. The molecule has 0 unspecified atom stereocenters. The zero-order valence-corrected chi connectivity index (χ0v) is 12.1. The van der Waals surface area contributed by atoms with Gasteiger partial charge >= 0.3 is 0 Å². The average Bonchev–Trinajstić information content (AvgIpc) is 2.41. The van der Waals surface area contributed by atoms with E-state index in [2.05, 4.69) is 5.32 Å². The molecule has 0 aliphatic carbocycles. The SMILES string of the molecule is Cc1cccc(NC(=O)[C@@H](C)Oc2ccccc2Cl)c1. The Balaban J connectivity index is 2.01. The molecule has 0 heterocycles. The third-order valence-electron chi connectivity index (χ3n) is 2.80. The molecule has 20 heavy (non-hydrogen) atoms. The number of carbonyl (C=O) groups is 1. The molecule has 2 rings (SSSR count). The summed E-state index contributed by atoms with van der Waals surface area (Å²) in [6, 6.07) is 14.7. The minimum Gasteiger partial charge on any atom is -0.479 e. The predicted molar refractivity (Wildman–Crippen MR) is 81.4 cm³/mol. The van der Waals surface area contributed by atoms with Crippen LogP contribution in [0.4, 0.5) is 5.69 Å². The number of para-hydroxylation sites is 1. The summed E-state index contributed by atoms with van der Waals surface area (Å²) < 4.78 is 5.57. The summed E-state index contributed by atoms with van der Waals surface area (Å²) in [7, 11) is 0. The van der Waals surface area contributed by atoms with Crippen LogP contribution in [0.1, 0.15) is 12.5 Å². The second-order valence-electron chi connectivity index (χ2n) is 4.55. The van der Waals surface area contributed by atoms with E-state index in [0.29, 0.717) is 10.8 Å². The lowest BCUT2D eigenvalue weighted by molar-refractivity contribution is -0.122. The summed E-state index contributed by atoms with van der Waals surface area (Å²) in [5.41, 5.74) is 1.84. The number of ether oxygens (including phenoxy) is 1. The van der Waals surface area contributed by atoms with Crippen LogP contribution in [0.25, 0.3) is 0 Å². The maximum absolute atomic E-state index is 12.1. The monoisotopic (exact) mass is 289 g/mol. The first-order chi connectivity index (χ1) is 9.56. The van der Waals surface area contributed by atoms with Gasteiger partial charge < -0.3 is 10.1 Å². The number of hydrogen-bond acceptors (Lipinski definition) is 2. The molecule has 3 nitrogen and oxygen atoms in total. The number of rotatable bonds is 4. The standard InChI is InChI=1S/C16H16ClNO2/c1-11-6-5-7-13(10-11)18-16(19)12(2)20-15-9-4-3-8-14(15)17/h3-10,12H,1-2H3,(H,18,19)/t12-/m1/s1. The molecular weight excluding hydrogens is 274 g/mol. The van der Waals surface area contributed by atoms with E-state index >= 15 is 0 Å². The molecule has 0 bridgehead atoms. The first-order valence-electron chi connectivity index (χ1n) is 6.35. The van der Waals surface area contributed by atoms with Crippen molar-refractivity contribution in [3.8, 4) is 5.75 Å². The van der Waals surface area contributed by atoms with Gasteiger partial charge in [-0.15, -0.1) is 0 Å². The summed E-state index contributed by atoms with van der Waals surface area (Å²) in [6.07, 6.45) is -0.629. The first-order valence-corrected chi connectivity index (χ1v) is 6.73. The maximum Gasteiger partial charge on any atom is 0.265 e. The third-order valence-corrected chi connectivity index (χ3v) is 3.11. The van der Waals surface area contributed by atoms with Crippen LogP contribution in [-0.2, 0) is 4.79 Å². The Kier molecular flexibility index (Phi) is 4.64.